The van der Waals surface area contributed by atoms with Crippen LogP contribution in [0.25, 0.3) is 0 Å². The Kier molecular flexibility index (Phi) is 8.23. The van der Waals surface area contributed by atoms with Gasteiger partial charge in [-0.2, -0.15) is 0 Å². The predicted octanol–water partition coefficient (Wildman–Crippen LogP) is 4.66. The van der Waals surface area contributed by atoms with Gasteiger partial charge in [0.2, 0.25) is 11.8 Å². The van der Waals surface area contributed by atoms with Crippen molar-refractivity contribution in [2.45, 2.75) is 58.5 Å². The van der Waals surface area contributed by atoms with Gasteiger partial charge >= 0.3 is 0 Å². The first-order valence-corrected chi connectivity index (χ1v) is 12.7. The van der Waals surface area contributed by atoms with Crippen LogP contribution in [0.1, 0.15) is 62.3 Å². The summed E-state index contributed by atoms with van der Waals surface area (Å²) in [4.78, 5) is 31.7. The lowest BCUT2D eigenvalue weighted by molar-refractivity contribution is -0.115. The molecule has 3 heterocycles. The third-order valence-electron chi connectivity index (χ3n) is 6.37. The number of pyridine rings is 1. The molecule has 4 rings (SSSR count). The second kappa shape index (κ2) is 11.6. The summed E-state index contributed by atoms with van der Waals surface area (Å²) < 4.78 is 11.2. The number of likely N-dealkylation sites (tertiary alicyclic amines) is 1. The molecular weight excluding hydrogens is 470 g/mol. The fourth-order valence-electron chi connectivity index (χ4n) is 4.08. The van der Waals surface area contributed by atoms with Crippen molar-refractivity contribution in [3.63, 3.8) is 0 Å². The number of carbonyl (C=O) groups is 2. The van der Waals surface area contributed by atoms with Crippen molar-refractivity contribution in [2.75, 3.05) is 30.3 Å². The second-order valence-electron chi connectivity index (χ2n) is 10.3. The predicted molar refractivity (Wildman–Crippen MR) is 142 cm³/mol. The van der Waals surface area contributed by atoms with E-state index in [2.05, 4.69) is 32.6 Å². The molecule has 1 fully saturated rings. The van der Waals surface area contributed by atoms with Crippen LogP contribution in [0.5, 0.6) is 5.75 Å². The van der Waals surface area contributed by atoms with Crippen LogP contribution in [-0.4, -0.2) is 52.6 Å². The van der Waals surface area contributed by atoms with Gasteiger partial charge in [0.1, 0.15) is 17.5 Å². The van der Waals surface area contributed by atoms with Crippen LogP contribution >= 0.6 is 0 Å². The van der Waals surface area contributed by atoms with E-state index in [-0.39, 0.29) is 29.8 Å². The summed E-state index contributed by atoms with van der Waals surface area (Å²) in [5.74, 6) is 0.475. The molecule has 9 heteroatoms. The molecule has 2 aromatic heterocycles. The summed E-state index contributed by atoms with van der Waals surface area (Å²) in [5, 5.41) is 9.57. The van der Waals surface area contributed by atoms with Crippen molar-refractivity contribution in [1.29, 1.82) is 0 Å². The van der Waals surface area contributed by atoms with Gasteiger partial charge in [-0.3, -0.25) is 14.9 Å². The highest BCUT2D eigenvalue weighted by Crippen LogP contribution is 2.24. The molecule has 0 aliphatic carbocycles. The summed E-state index contributed by atoms with van der Waals surface area (Å²) in [7, 11) is 0. The van der Waals surface area contributed by atoms with E-state index >= 15 is 0 Å². The van der Waals surface area contributed by atoms with Crippen molar-refractivity contribution < 1.29 is 18.8 Å². The van der Waals surface area contributed by atoms with E-state index in [0.29, 0.717) is 23.0 Å². The molecule has 0 radical (unpaired) electrons. The van der Waals surface area contributed by atoms with Gasteiger partial charge in [-0.1, -0.05) is 45.0 Å². The lowest BCUT2D eigenvalue weighted by atomic mass is 9.92. The SMILES string of the molecule is CCN1CCC(Oc2ccc(C(=O)Nc3ccc(CC(=O)Nc4cc(C(C)(C)C)no4)cc3)nc2)CC1. The van der Waals surface area contributed by atoms with Crippen LogP contribution in [-0.2, 0) is 16.6 Å². The van der Waals surface area contributed by atoms with Gasteiger partial charge in [-0.15, -0.1) is 0 Å². The number of rotatable bonds is 8. The average Bonchev–Trinajstić information content (AvgIpc) is 3.35. The van der Waals surface area contributed by atoms with E-state index < -0.39 is 0 Å². The highest BCUT2D eigenvalue weighted by atomic mass is 16.5. The molecule has 2 N–H and O–H groups in total. The molecule has 0 unspecified atom stereocenters. The van der Waals surface area contributed by atoms with E-state index in [9.17, 15) is 9.59 Å². The number of carbonyl (C=O) groups excluding carboxylic acids is 2. The normalized spacial score (nSPS) is 14.8. The molecule has 9 nitrogen and oxygen atoms in total. The Morgan fingerprint density at radius 3 is 2.41 bits per heavy atom. The quantitative estimate of drug-likeness (QED) is 0.458. The fraction of sp³-hybridized carbons (Fsp3) is 0.429. The van der Waals surface area contributed by atoms with Crippen molar-refractivity contribution >= 4 is 23.4 Å². The largest absolute Gasteiger partial charge is 0.489 e. The van der Waals surface area contributed by atoms with Crippen molar-refractivity contribution in [1.82, 2.24) is 15.0 Å². The Morgan fingerprint density at radius 2 is 1.81 bits per heavy atom. The Hall–Kier alpha value is -3.72. The summed E-state index contributed by atoms with van der Waals surface area (Å²) in [5.41, 5.74) is 2.33. The number of anilines is 2. The number of ether oxygens (including phenoxy) is 1. The first-order chi connectivity index (χ1) is 17.7. The van der Waals surface area contributed by atoms with Gasteiger partial charge in [-0.05, 0) is 49.2 Å². The average molecular weight is 506 g/mol. The number of amides is 2. The molecule has 2 amide bonds. The lowest BCUT2D eigenvalue weighted by Crippen LogP contribution is -2.38. The van der Waals surface area contributed by atoms with Gasteiger partial charge in [0.05, 0.1) is 18.3 Å². The van der Waals surface area contributed by atoms with Crippen LogP contribution in [0.3, 0.4) is 0 Å². The highest BCUT2D eigenvalue weighted by Gasteiger charge is 2.21. The van der Waals surface area contributed by atoms with Crippen molar-refractivity contribution in [3.05, 3.63) is 65.6 Å². The molecule has 1 aliphatic heterocycles. The molecule has 0 saturated carbocycles. The lowest BCUT2D eigenvalue weighted by Gasteiger charge is -2.31. The minimum Gasteiger partial charge on any atom is -0.489 e. The number of nitrogens with one attached hydrogen (secondary N) is 2. The number of aromatic nitrogens is 2. The van der Waals surface area contributed by atoms with Gasteiger partial charge in [0, 0.05) is 30.3 Å². The minimum absolute atomic E-state index is 0.163. The van der Waals surface area contributed by atoms with E-state index in [4.69, 9.17) is 9.26 Å². The van der Waals surface area contributed by atoms with Gasteiger partial charge in [0.15, 0.2) is 0 Å². The van der Waals surface area contributed by atoms with Gasteiger partial charge < -0.3 is 19.5 Å². The Labute approximate surface area is 217 Å². The standard InChI is InChI=1S/C28H35N5O4/c1-5-33-14-12-21(13-15-33)36-22-10-11-23(29-18-22)27(35)30-20-8-6-19(7-9-20)16-25(34)31-26-17-24(32-37-26)28(2,3)4/h6-11,17-18,21H,5,12-16H2,1-4H3,(H,30,35)(H,31,34). The minimum atomic E-state index is -0.312. The zero-order chi connectivity index (χ0) is 26.4. The smallest absolute Gasteiger partial charge is 0.274 e. The monoisotopic (exact) mass is 505 g/mol. The van der Waals surface area contributed by atoms with Crippen LogP contribution in [0.15, 0.2) is 53.2 Å². The third kappa shape index (κ3) is 7.39. The summed E-state index contributed by atoms with van der Waals surface area (Å²) in [6.07, 6.45) is 3.93. The van der Waals surface area contributed by atoms with E-state index in [1.165, 1.54) is 0 Å². The summed E-state index contributed by atoms with van der Waals surface area (Å²) in [6, 6.07) is 12.3. The van der Waals surface area contributed by atoms with E-state index in [1.54, 1.807) is 48.7 Å². The first-order valence-electron chi connectivity index (χ1n) is 12.7. The molecular formula is C28H35N5O4. The molecule has 0 bridgehead atoms. The van der Waals surface area contributed by atoms with Crippen LogP contribution in [0.2, 0.25) is 0 Å². The van der Waals surface area contributed by atoms with Crippen molar-refractivity contribution in [2.24, 2.45) is 0 Å². The Bertz CT molecular complexity index is 1190. The van der Waals surface area contributed by atoms with E-state index in [0.717, 1.165) is 43.7 Å². The number of piperidine rings is 1. The van der Waals surface area contributed by atoms with Crippen LogP contribution in [0, 0.1) is 0 Å². The molecule has 1 saturated heterocycles. The maximum Gasteiger partial charge on any atom is 0.274 e. The number of hydrogen-bond acceptors (Lipinski definition) is 7. The number of hydrogen-bond donors (Lipinski definition) is 2. The third-order valence-corrected chi connectivity index (χ3v) is 6.37. The van der Waals surface area contributed by atoms with Crippen LogP contribution < -0.4 is 15.4 Å². The van der Waals surface area contributed by atoms with E-state index in [1.807, 2.05) is 20.8 Å². The van der Waals surface area contributed by atoms with Crippen molar-refractivity contribution in [3.8, 4) is 5.75 Å². The number of benzene rings is 1. The molecule has 0 spiro atoms. The number of nitrogens with zero attached hydrogens (tertiary/aromatic N) is 3. The molecule has 37 heavy (non-hydrogen) atoms. The molecule has 1 aromatic carbocycles. The van der Waals surface area contributed by atoms with Gasteiger partial charge in [0.25, 0.3) is 5.91 Å². The Balaban J connectivity index is 1.25. The Morgan fingerprint density at radius 1 is 1.08 bits per heavy atom. The molecule has 1 aliphatic rings. The molecule has 0 atom stereocenters. The molecule has 3 aromatic rings. The summed E-state index contributed by atoms with van der Waals surface area (Å²) >= 11 is 0. The summed E-state index contributed by atoms with van der Waals surface area (Å²) in [6.45, 7) is 11.4. The maximum absolute atomic E-state index is 12.6. The fourth-order valence-corrected chi connectivity index (χ4v) is 4.08. The zero-order valence-electron chi connectivity index (χ0n) is 21.9. The topological polar surface area (TPSA) is 110 Å². The maximum atomic E-state index is 12.6. The second-order valence-corrected chi connectivity index (χ2v) is 10.3. The van der Waals surface area contributed by atoms with Crippen LogP contribution in [0.4, 0.5) is 11.6 Å². The molecule has 196 valence electrons. The zero-order valence-corrected chi connectivity index (χ0v) is 21.9. The highest BCUT2D eigenvalue weighted by molar-refractivity contribution is 6.02. The van der Waals surface area contributed by atoms with Gasteiger partial charge in [-0.25, -0.2) is 4.98 Å². The first kappa shape index (κ1) is 26.3.